The number of aryl methyl sites for hydroxylation is 1. The quantitative estimate of drug-likeness (QED) is 0.613. The van der Waals surface area contributed by atoms with Gasteiger partial charge in [0.2, 0.25) is 5.91 Å². The lowest BCUT2D eigenvalue weighted by Gasteiger charge is -2.09. The summed E-state index contributed by atoms with van der Waals surface area (Å²) in [6, 6.07) is 18.4. The maximum absolute atomic E-state index is 12.3. The Balaban J connectivity index is 1.57. The van der Waals surface area contributed by atoms with Gasteiger partial charge in [-0.2, -0.15) is 0 Å². The molecule has 3 N–H and O–H groups in total. The number of amides is 2. The first kappa shape index (κ1) is 19.0. The van der Waals surface area contributed by atoms with Gasteiger partial charge in [0.05, 0.1) is 0 Å². The largest absolute Gasteiger partial charge is 0.347 e. The van der Waals surface area contributed by atoms with Crippen molar-refractivity contribution in [2.45, 2.75) is 20.4 Å². The van der Waals surface area contributed by atoms with Crippen LogP contribution in [-0.4, -0.2) is 22.0 Å². The fraction of sp³-hybridized carbons (Fsp3) is 0.143. The first-order chi connectivity index (χ1) is 13.5. The molecule has 0 unspecified atom stereocenters. The maximum atomic E-state index is 12.3. The molecule has 0 atom stereocenters. The second-order valence-electron chi connectivity index (χ2n) is 6.30. The Labute approximate surface area is 163 Å². The highest BCUT2D eigenvalue weighted by Crippen LogP contribution is 2.17. The zero-order valence-corrected chi connectivity index (χ0v) is 15.7. The Morgan fingerprint density at radius 2 is 1.61 bits per heavy atom. The molecule has 2 amide bonds. The molecule has 1 heterocycles. The van der Waals surface area contributed by atoms with Crippen molar-refractivity contribution >= 4 is 29.0 Å². The van der Waals surface area contributed by atoms with Crippen LogP contribution in [0.5, 0.6) is 0 Å². The summed E-state index contributed by atoms with van der Waals surface area (Å²) in [5, 5.41) is 16.7. The standard InChI is InChI=1S/C21H21N5O2/c1-14-5-3-4-6-16(14)13-22-21(28)19-11-12-20(26-25-19)24-18-9-7-17(8-10-18)23-15(2)27/h3-12H,13H2,1-2H3,(H,22,28)(H,23,27)(H,24,26). The maximum Gasteiger partial charge on any atom is 0.272 e. The normalized spacial score (nSPS) is 10.2. The third-order valence-corrected chi connectivity index (χ3v) is 4.08. The van der Waals surface area contributed by atoms with E-state index in [1.807, 2.05) is 43.3 Å². The van der Waals surface area contributed by atoms with Crippen molar-refractivity contribution in [2.75, 3.05) is 10.6 Å². The molecule has 0 saturated carbocycles. The van der Waals surface area contributed by atoms with E-state index < -0.39 is 0 Å². The second-order valence-corrected chi connectivity index (χ2v) is 6.30. The van der Waals surface area contributed by atoms with Crippen LogP contribution in [0.2, 0.25) is 0 Å². The van der Waals surface area contributed by atoms with Gasteiger partial charge in [0.15, 0.2) is 11.5 Å². The van der Waals surface area contributed by atoms with Crippen molar-refractivity contribution in [3.05, 3.63) is 77.5 Å². The van der Waals surface area contributed by atoms with Gasteiger partial charge in [0.1, 0.15) is 0 Å². The van der Waals surface area contributed by atoms with Crippen LogP contribution in [0.3, 0.4) is 0 Å². The fourth-order valence-electron chi connectivity index (χ4n) is 2.58. The molecule has 0 aliphatic rings. The number of nitrogens with one attached hydrogen (secondary N) is 3. The van der Waals surface area contributed by atoms with Gasteiger partial charge in [-0.15, -0.1) is 10.2 Å². The number of carbonyl (C=O) groups is 2. The molecule has 0 spiro atoms. The highest BCUT2D eigenvalue weighted by atomic mass is 16.2. The zero-order chi connectivity index (χ0) is 19.9. The molecule has 2 aromatic carbocycles. The highest BCUT2D eigenvalue weighted by Gasteiger charge is 2.09. The molecule has 3 rings (SSSR count). The van der Waals surface area contributed by atoms with Gasteiger partial charge in [0.25, 0.3) is 5.91 Å². The van der Waals surface area contributed by atoms with Crippen molar-refractivity contribution in [2.24, 2.45) is 0 Å². The summed E-state index contributed by atoms with van der Waals surface area (Å²) in [6.07, 6.45) is 0. The fourth-order valence-corrected chi connectivity index (χ4v) is 2.58. The lowest BCUT2D eigenvalue weighted by molar-refractivity contribution is -0.114. The average Bonchev–Trinajstić information content (AvgIpc) is 2.69. The third-order valence-electron chi connectivity index (χ3n) is 4.08. The summed E-state index contributed by atoms with van der Waals surface area (Å²) >= 11 is 0. The van der Waals surface area contributed by atoms with Crippen LogP contribution in [-0.2, 0) is 11.3 Å². The molecule has 0 aliphatic heterocycles. The van der Waals surface area contributed by atoms with Crippen LogP contribution in [0.4, 0.5) is 17.2 Å². The molecule has 28 heavy (non-hydrogen) atoms. The SMILES string of the molecule is CC(=O)Nc1ccc(Nc2ccc(C(=O)NCc3ccccc3C)nn2)cc1. The topological polar surface area (TPSA) is 96.0 Å². The van der Waals surface area contributed by atoms with E-state index in [1.165, 1.54) is 6.92 Å². The minimum absolute atomic E-state index is 0.122. The highest BCUT2D eigenvalue weighted by molar-refractivity contribution is 5.92. The summed E-state index contributed by atoms with van der Waals surface area (Å²) in [4.78, 5) is 23.3. The zero-order valence-electron chi connectivity index (χ0n) is 15.7. The predicted octanol–water partition coefficient (Wildman–Crippen LogP) is 3.42. The van der Waals surface area contributed by atoms with Gasteiger partial charge in [-0.25, -0.2) is 0 Å². The summed E-state index contributed by atoms with van der Waals surface area (Å²) in [5.74, 6) is 0.118. The summed E-state index contributed by atoms with van der Waals surface area (Å²) in [6.45, 7) is 3.90. The predicted molar refractivity (Wildman–Crippen MR) is 108 cm³/mol. The number of anilines is 3. The number of hydrogen-bond acceptors (Lipinski definition) is 5. The van der Waals surface area contributed by atoms with E-state index in [0.717, 1.165) is 16.8 Å². The van der Waals surface area contributed by atoms with Crippen molar-refractivity contribution in [3.8, 4) is 0 Å². The molecule has 0 saturated heterocycles. The van der Waals surface area contributed by atoms with Gasteiger partial charge in [-0.3, -0.25) is 9.59 Å². The summed E-state index contributed by atoms with van der Waals surface area (Å²) in [5.41, 5.74) is 3.94. The van der Waals surface area contributed by atoms with Crippen LogP contribution >= 0.6 is 0 Å². The summed E-state index contributed by atoms with van der Waals surface area (Å²) < 4.78 is 0. The van der Waals surface area contributed by atoms with Gasteiger partial charge in [0, 0.05) is 24.8 Å². The van der Waals surface area contributed by atoms with Crippen LogP contribution < -0.4 is 16.0 Å². The van der Waals surface area contributed by atoms with Crippen molar-refractivity contribution in [3.63, 3.8) is 0 Å². The molecule has 3 aromatic rings. The van der Waals surface area contributed by atoms with Gasteiger partial charge >= 0.3 is 0 Å². The first-order valence-corrected chi connectivity index (χ1v) is 8.82. The van der Waals surface area contributed by atoms with E-state index in [2.05, 4.69) is 26.1 Å². The van der Waals surface area contributed by atoms with E-state index in [4.69, 9.17) is 0 Å². The average molecular weight is 375 g/mol. The number of rotatable bonds is 6. The molecule has 7 heteroatoms. The first-order valence-electron chi connectivity index (χ1n) is 8.82. The van der Waals surface area contributed by atoms with Crippen LogP contribution in [0.25, 0.3) is 0 Å². The number of nitrogens with zero attached hydrogens (tertiary/aromatic N) is 2. The monoisotopic (exact) mass is 375 g/mol. The Bertz CT molecular complexity index is 969. The molecular weight excluding hydrogens is 354 g/mol. The molecule has 0 bridgehead atoms. The Morgan fingerprint density at radius 1 is 0.893 bits per heavy atom. The van der Waals surface area contributed by atoms with Crippen molar-refractivity contribution in [1.82, 2.24) is 15.5 Å². The molecular formula is C21H21N5O2. The Hall–Kier alpha value is -3.74. The van der Waals surface area contributed by atoms with Gasteiger partial charge < -0.3 is 16.0 Å². The molecule has 142 valence electrons. The smallest absolute Gasteiger partial charge is 0.272 e. The van der Waals surface area contributed by atoms with E-state index >= 15 is 0 Å². The van der Waals surface area contributed by atoms with E-state index in [1.54, 1.807) is 24.3 Å². The van der Waals surface area contributed by atoms with Gasteiger partial charge in [-0.05, 0) is 54.4 Å². The van der Waals surface area contributed by atoms with Gasteiger partial charge in [-0.1, -0.05) is 24.3 Å². The van der Waals surface area contributed by atoms with Crippen molar-refractivity contribution in [1.29, 1.82) is 0 Å². The van der Waals surface area contributed by atoms with Crippen LogP contribution in [0.15, 0.2) is 60.7 Å². The molecule has 0 radical (unpaired) electrons. The number of hydrogen-bond donors (Lipinski definition) is 3. The molecule has 0 aliphatic carbocycles. The second kappa shape index (κ2) is 8.77. The molecule has 1 aromatic heterocycles. The minimum atomic E-state index is -0.276. The van der Waals surface area contributed by atoms with Crippen molar-refractivity contribution < 1.29 is 9.59 Å². The lowest BCUT2D eigenvalue weighted by Crippen LogP contribution is -2.24. The third kappa shape index (κ3) is 5.14. The molecule has 7 nitrogen and oxygen atoms in total. The Kier molecular flexibility index (Phi) is 5.96. The van der Waals surface area contributed by atoms with E-state index in [-0.39, 0.29) is 17.5 Å². The van der Waals surface area contributed by atoms with Crippen LogP contribution in [0.1, 0.15) is 28.5 Å². The minimum Gasteiger partial charge on any atom is -0.347 e. The molecule has 0 fully saturated rings. The lowest BCUT2D eigenvalue weighted by atomic mass is 10.1. The van der Waals surface area contributed by atoms with Crippen LogP contribution in [0, 0.1) is 6.92 Å². The summed E-state index contributed by atoms with van der Waals surface area (Å²) in [7, 11) is 0. The number of benzene rings is 2. The Morgan fingerprint density at radius 3 is 2.25 bits per heavy atom. The number of carbonyl (C=O) groups excluding carboxylic acids is 2. The van der Waals surface area contributed by atoms with E-state index in [0.29, 0.717) is 18.1 Å². The van der Waals surface area contributed by atoms with E-state index in [9.17, 15) is 9.59 Å². The number of aromatic nitrogens is 2.